The second kappa shape index (κ2) is 7.06. The van der Waals surface area contributed by atoms with Crippen molar-refractivity contribution in [3.05, 3.63) is 46.9 Å². The van der Waals surface area contributed by atoms with Gasteiger partial charge in [-0.3, -0.25) is 0 Å². The van der Waals surface area contributed by atoms with E-state index >= 15 is 0 Å². The Kier molecular flexibility index (Phi) is 4.85. The lowest BCUT2D eigenvalue weighted by molar-refractivity contribution is 0.177. The van der Waals surface area contributed by atoms with Gasteiger partial charge in [0.1, 0.15) is 30.1 Å². The largest absolute Gasteiger partial charge is 0.496 e. The average molecular weight is 342 g/mol. The minimum Gasteiger partial charge on any atom is -0.496 e. The first-order chi connectivity index (χ1) is 12.0. The van der Waals surface area contributed by atoms with Gasteiger partial charge in [0.25, 0.3) is 0 Å². The molecule has 0 unspecified atom stereocenters. The van der Waals surface area contributed by atoms with E-state index in [0.717, 1.165) is 33.9 Å². The summed E-state index contributed by atoms with van der Waals surface area (Å²) < 4.78 is 18.0. The maximum Gasteiger partial charge on any atom is 0.226 e. The number of methoxy groups -OCH3 is 2. The standard InChI is InChI=1S/C18H22N4O3/c1-11-12(2)16(24-5)7-6-14(11)18-20-15(13(3)25-18)8-22-10-19-17(21-22)9-23-4/h6-7,10H,8-9H2,1-5H3. The Balaban J connectivity index is 1.88. The van der Waals surface area contributed by atoms with Gasteiger partial charge in [-0.25, -0.2) is 14.6 Å². The molecule has 0 radical (unpaired) electrons. The van der Waals surface area contributed by atoms with E-state index in [1.54, 1.807) is 25.2 Å². The molecule has 0 bridgehead atoms. The van der Waals surface area contributed by atoms with Gasteiger partial charge in [0, 0.05) is 12.7 Å². The van der Waals surface area contributed by atoms with Crippen LogP contribution in [-0.4, -0.2) is 34.0 Å². The van der Waals surface area contributed by atoms with Crippen LogP contribution in [0.5, 0.6) is 5.75 Å². The van der Waals surface area contributed by atoms with Crippen LogP contribution in [-0.2, 0) is 17.9 Å². The Morgan fingerprint density at radius 2 is 1.92 bits per heavy atom. The number of nitrogens with zero attached hydrogens (tertiary/aromatic N) is 4. The minimum absolute atomic E-state index is 0.389. The highest BCUT2D eigenvalue weighted by atomic mass is 16.5. The lowest BCUT2D eigenvalue weighted by atomic mass is 10.0. The molecule has 7 nitrogen and oxygen atoms in total. The van der Waals surface area contributed by atoms with E-state index in [9.17, 15) is 0 Å². The van der Waals surface area contributed by atoms with E-state index in [4.69, 9.17) is 13.9 Å². The number of aryl methyl sites for hydroxylation is 1. The van der Waals surface area contributed by atoms with Gasteiger partial charge in [-0.15, -0.1) is 0 Å². The zero-order valence-corrected chi connectivity index (χ0v) is 15.2. The molecular weight excluding hydrogens is 320 g/mol. The van der Waals surface area contributed by atoms with E-state index in [1.165, 1.54) is 0 Å². The fraction of sp³-hybridized carbons (Fsp3) is 0.389. The molecule has 0 aliphatic carbocycles. The quantitative estimate of drug-likeness (QED) is 0.685. The zero-order valence-electron chi connectivity index (χ0n) is 15.2. The summed E-state index contributed by atoms with van der Waals surface area (Å²) in [6.45, 7) is 6.87. The van der Waals surface area contributed by atoms with Crippen molar-refractivity contribution in [2.75, 3.05) is 14.2 Å². The van der Waals surface area contributed by atoms with E-state index in [0.29, 0.717) is 24.9 Å². The van der Waals surface area contributed by atoms with Crippen LogP contribution in [0.25, 0.3) is 11.5 Å². The van der Waals surface area contributed by atoms with Crippen molar-refractivity contribution >= 4 is 0 Å². The third-order valence-corrected chi connectivity index (χ3v) is 4.25. The van der Waals surface area contributed by atoms with Crippen LogP contribution in [0.1, 0.15) is 28.4 Å². The van der Waals surface area contributed by atoms with Gasteiger partial charge in [-0.05, 0) is 44.0 Å². The van der Waals surface area contributed by atoms with Gasteiger partial charge in [-0.1, -0.05) is 0 Å². The Labute approximate surface area is 146 Å². The number of hydrogen-bond acceptors (Lipinski definition) is 6. The first-order valence-electron chi connectivity index (χ1n) is 8.01. The first kappa shape index (κ1) is 17.2. The van der Waals surface area contributed by atoms with Gasteiger partial charge in [0.15, 0.2) is 5.82 Å². The van der Waals surface area contributed by atoms with Gasteiger partial charge in [0.2, 0.25) is 5.89 Å². The topological polar surface area (TPSA) is 75.2 Å². The second-order valence-electron chi connectivity index (χ2n) is 5.88. The number of benzene rings is 1. The molecule has 2 aromatic heterocycles. The molecule has 3 aromatic rings. The summed E-state index contributed by atoms with van der Waals surface area (Å²) in [5, 5.41) is 4.36. The number of rotatable bonds is 6. The third kappa shape index (κ3) is 3.41. The molecule has 0 saturated carbocycles. The number of aromatic nitrogens is 4. The normalized spacial score (nSPS) is 11.1. The van der Waals surface area contributed by atoms with Crippen molar-refractivity contribution in [2.24, 2.45) is 0 Å². The zero-order chi connectivity index (χ0) is 18.0. The van der Waals surface area contributed by atoms with E-state index < -0.39 is 0 Å². The lowest BCUT2D eigenvalue weighted by Crippen LogP contribution is -2.03. The summed E-state index contributed by atoms with van der Waals surface area (Å²) in [5.41, 5.74) is 3.97. The molecule has 0 amide bonds. The molecule has 3 rings (SSSR count). The van der Waals surface area contributed by atoms with Crippen LogP contribution in [0.4, 0.5) is 0 Å². The molecule has 25 heavy (non-hydrogen) atoms. The van der Waals surface area contributed by atoms with Crippen LogP contribution >= 0.6 is 0 Å². The van der Waals surface area contributed by atoms with E-state index in [2.05, 4.69) is 15.1 Å². The summed E-state index contributed by atoms with van der Waals surface area (Å²) in [6.07, 6.45) is 1.67. The smallest absolute Gasteiger partial charge is 0.226 e. The van der Waals surface area contributed by atoms with Crippen molar-refractivity contribution in [3.8, 4) is 17.2 Å². The molecule has 0 atom stereocenters. The van der Waals surface area contributed by atoms with Crippen molar-refractivity contribution in [2.45, 2.75) is 33.9 Å². The molecule has 0 aliphatic heterocycles. The first-order valence-corrected chi connectivity index (χ1v) is 8.01. The van der Waals surface area contributed by atoms with Crippen LogP contribution in [0, 0.1) is 20.8 Å². The highest BCUT2D eigenvalue weighted by Crippen LogP contribution is 2.31. The van der Waals surface area contributed by atoms with Crippen molar-refractivity contribution in [1.29, 1.82) is 0 Å². The van der Waals surface area contributed by atoms with E-state index in [-0.39, 0.29) is 0 Å². The Hall–Kier alpha value is -2.67. The number of ether oxygens (including phenoxy) is 2. The van der Waals surface area contributed by atoms with Crippen molar-refractivity contribution in [3.63, 3.8) is 0 Å². The molecule has 0 N–H and O–H groups in total. The molecule has 0 fully saturated rings. The van der Waals surface area contributed by atoms with Crippen molar-refractivity contribution in [1.82, 2.24) is 19.7 Å². The Morgan fingerprint density at radius 1 is 1.12 bits per heavy atom. The second-order valence-corrected chi connectivity index (χ2v) is 5.88. The highest BCUT2D eigenvalue weighted by molar-refractivity contribution is 5.63. The summed E-state index contributed by atoms with van der Waals surface area (Å²) in [6, 6.07) is 3.91. The summed E-state index contributed by atoms with van der Waals surface area (Å²) in [4.78, 5) is 8.86. The molecule has 2 heterocycles. The molecule has 7 heteroatoms. The van der Waals surface area contributed by atoms with Crippen LogP contribution in [0.3, 0.4) is 0 Å². The maximum atomic E-state index is 5.90. The molecule has 0 aliphatic rings. The van der Waals surface area contributed by atoms with Crippen LogP contribution in [0.15, 0.2) is 22.9 Å². The fourth-order valence-corrected chi connectivity index (χ4v) is 2.70. The third-order valence-electron chi connectivity index (χ3n) is 4.25. The molecular formula is C18H22N4O3. The maximum absolute atomic E-state index is 5.90. The Morgan fingerprint density at radius 3 is 2.64 bits per heavy atom. The van der Waals surface area contributed by atoms with Crippen LogP contribution < -0.4 is 4.74 Å². The van der Waals surface area contributed by atoms with E-state index in [1.807, 2.05) is 32.9 Å². The van der Waals surface area contributed by atoms with Crippen LogP contribution in [0.2, 0.25) is 0 Å². The van der Waals surface area contributed by atoms with Gasteiger partial charge in [0.05, 0.1) is 13.7 Å². The summed E-state index contributed by atoms with van der Waals surface area (Å²) >= 11 is 0. The van der Waals surface area contributed by atoms with Gasteiger partial charge < -0.3 is 13.9 Å². The fourth-order valence-electron chi connectivity index (χ4n) is 2.70. The number of oxazole rings is 1. The molecule has 0 saturated heterocycles. The molecule has 0 spiro atoms. The lowest BCUT2D eigenvalue weighted by Gasteiger charge is -2.10. The van der Waals surface area contributed by atoms with Gasteiger partial charge >= 0.3 is 0 Å². The predicted molar refractivity (Wildman–Crippen MR) is 92.5 cm³/mol. The monoisotopic (exact) mass is 342 g/mol. The number of hydrogen-bond donors (Lipinski definition) is 0. The SMILES string of the molecule is COCc1ncn(Cc2nc(-c3ccc(OC)c(C)c3C)oc2C)n1. The minimum atomic E-state index is 0.389. The highest BCUT2D eigenvalue weighted by Gasteiger charge is 2.16. The summed E-state index contributed by atoms with van der Waals surface area (Å²) in [7, 11) is 3.29. The molecule has 132 valence electrons. The predicted octanol–water partition coefficient (Wildman–Crippen LogP) is 3.06. The van der Waals surface area contributed by atoms with Gasteiger partial charge in [-0.2, -0.15) is 5.10 Å². The Bertz CT molecular complexity index is 883. The van der Waals surface area contributed by atoms with Crippen molar-refractivity contribution < 1.29 is 13.9 Å². The molecule has 1 aromatic carbocycles. The average Bonchev–Trinajstić information content (AvgIpc) is 3.18. The summed E-state index contributed by atoms with van der Waals surface area (Å²) in [5.74, 6) is 2.88.